The van der Waals surface area contributed by atoms with Gasteiger partial charge < -0.3 is 4.90 Å². The summed E-state index contributed by atoms with van der Waals surface area (Å²) < 4.78 is 64.9. The molecule has 0 aromatic heterocycles. The van der Waals surface area contributed by atoms with Gasteiger partial charge in [-0.3, -0.25) is 4.79 Å². The molecule has 0 saturated carbocycles. The van der Waals surface area contributed by atoms with Crippen LogP contribution in [0.3, 0.4) is 0 Å². The Labute approximate surface area is 175 Å². The third-order valence-electron chi connectivity index (χ3n) is 5.28. The quantitative estimate of drug-likeness (QED) is 0.658. The standard InChI is InChI=1S/C17H23ClFN3O5S2/c1-28(24,25)22-6-2-3-13(12-22)17(23)20-7-9-21(10-8-20)29(26,27)14-4-5-16(19)15(18)11-14/h4-5,11,13H,2-3,6-10,12H2,1H3/t13-/m1/s1. The third kappa shape index (κ3) is 4.91. The molecule has 2 heterocycles. The second-order valence-corrected chi connectivity index (χ2v) is 11.6. The zero-order valence-corrected chi connectivity index (χ0v) is 18.3. The highest BCUT2D eigenvalue weighted by Crippen LogP contribution is 2.25. The van der Waals surface area contributed by atoms with Gasteiger partial charge in [0.05, 0.1) is 22.1 Å². The van der Waals surface area contributed by atoms with E-state index in [2.05, 4.69) is 0 Å². The maximum Gasteiger partial charge on any atom is 0.243 e. The predicted octanol–water partition coefficient (Wildman–Crippen LogP) is 0.984. The highest BCUT2D eigenvalue weighted by atomic mass is 35.5. The molecule has 3 rings (SSSR count). The van der Waals surface area contributed by atoms with Crippen molar-refractivity contribution in [2.45, 2.75) is 17.7 Å². The molecule has 12 heteroatoms. The van der Waals surface area contributed by atoms with Crippen molar-refractivity contribution in [1.82, 2.24) is 13.5 Å². The van der Waals surface area contributed by atoms with Gasteiger partial charge in [-0.05, 0) is 31.0 Å². The van der Waals surface area contributed by atoms with Crippen molar-refractivity contribution in [3.8, 4) is 0 Å². The smallest absolute Gasteiger partial charge is 0.243 e. The Bertz CT molecular complexity index is 994. The molecule has 29 heavy (non-hydrogen) atoms. The van der Waals surface area contributed by atoms with Crippen LogP contribution in [0.2, 0.25) is 5.02 Å². The normalized spacial score (nSPS) is 22.6. The fraction of sp³-hybridized carbons (Fsp3) is 0.588. The zero-order chi connectivity index (χ0) is 21.4. The average Bonchev–Trinajstić information content (AvgIpc) is 2.69. The summed E-state index contributed by atoms with van der Waals surface area (Å²) in [6.07, 6.45) is 2.35. The second kappa shape index (κ2) is 8.46. The molecule has 0 N–H and O–H groups in total. The van der Waals surface area contributed by atoms with E-state index in [0.717, 1.165) is 24.5 Å². The topological polar surface area (TPSA) is 95.1 Å². The summed E-state index contributed by atoms with van der Waals surface area (Å²) >= 11 is 5.70. The molecule has 0 bridgehead atoms. The Morgan fingerprint density at radius 3 is 2.31 bits per heavy atom. The van der Waals surface area contributed by atoms with Crippen molar-refractivity contribution < 1.29 is 26.0 Å². The fourth-order valence-electron chi connectivity index (χ4n) is 3.64. The lowest BCUT2D eigenvalue weighted by Gasteiger charge is -2.38. The van der Waals surface area contributed by atoms with Crippen LogP contribution in [0.25, 0.3) is 0 Å². The molecule has 2 aliphatic heterocycles. The van der Waals surface area contributed by atoms with Gasteiger partial charge in [0, 0.05) is 39.3 Å². The van der Waals surface area contributed by atoms with Gasteiger partial charge in [-0.1, -0.05) is 11.6 Å². The molecule has 162 valence electrons. The Morgan fingerprint density at radius 1 is 1.07 bits per heavy atom. The summed E-state index contributed by atoms with van der Waals surface area (Å²) in [6, 6.07) is 3.24. The number of benzene rings is 1. The minimum Gasteiger partial charge on any atom is -0.340 e. The van der Waals surface area contributed by atoms with Gasteiger partial charge in [-0.15, -0.1) is 0 Å². The number of carbonyl (C=O) groups is 1. The molecule has 0 radical (unpaired) electrons. The number of halogens is 2. The minimum absolute atomic E-state index is 0.0975. The van der Waals surface area contributed by atoms with E-state index in [0.29, 0.717) is 19.4 Å². The van der Waals surface area contributed by atoms with Crippen LogP contribution in [0.1, 0.15) is 12.8 Å². The largest absolute Gasteiger partial charge is 0.340 e. The molecule has 1 amide bonds. The fourth-order valence-corrected chi connectivity index (χ4v) is 6.24. The van der Waals surface area contributed by atoms with E-state index in [4.69, 9.17) is 11.6 Å². The van der Waals surface area contributed by atoms with Gasteiger partial charge in [-0.2, -0.15) is 4.31 Å². The van der Waals surface area contributed by atoms with Crippen LogP contribution in [-0.2, 0) is 24.8 Å². The summed E-state index contributed by atoms with van der Waals surface area (Å²) in [4.78, 5) is 14.3. The van der Waals surface area contributed by atoms with E-state index in [1.165, 1.54) is 8.61 Å². The number of nitrogens with zero attached hydrogens (tertiary/aromatic N) is 3. The van der Waals surface area contributed by atoms with Crippen LogP contribution in [0, 0.1) is 11.7 Å². The van der Waals surface area contributed by atoms with Crippen molar-refractivity contribution >= 4 is 37.6 Å². The molecular formula is C17H23ClFN3O5S2. The lowest BCUT2D eigenvalue weighted by Crippen LogP contribution is -2.53. The molecule has 2 saturated heterocycles. The molecule has 2 fully saturated rings. The first-order valence-electron chi connectivity index (χ1n) is 9.19. The number of hydrogen-bond donors (Lipinski definition) is 0. The van der Waals surface area contributed by atoms with Crippen LogP contribution >= 0.6 is 11.6 Å². The van der Waals surface area contributed by atoms with Gasteiger partial charge in [0.1, 0.15) is 5.82 Å². The van der Waals surface area contributed by atoms with E-state index in [9.17, 15) is 26.0 Å². The van der Waals surface area contributed by atoms with Crippen LogP contribution in [0.5, 0.6) is 0 Å². The maximum absolute atomic E-state index is 13.3. The summed E-state index contributed by atoms with van der Waals surface area (Å²) in [5.74, 6) is -1.27. The highest BCUT2D eigenvalue weighted by molar-refractivity contribution is 7.89. The van der Waals surface area contributed by atoms with Crippen molar-refractivity contribution in [3.05, 3.63) is 29.0 Å². The van der Waals surface area contributed by atoms with E-state index in [1.54, 1.807) is 4.90 Å². The van der Waals surface area contributed by atoms with Crippen LogP contribution < -0.4 is 0 Å². The Kier molecular flexibility index (Phi) is 6.54. The van der Waals surface area contributed by atoms with Gasteiger partial charge in [0.15, 0.2) is 0 Å². The molecule has 1 aromatic rings. The first-order valence-corrected chi connectivity index (χ1v) is 12.9. The van der Waals surface area contributed by atoms with E-state index in [1.807, 2.05) is 0 Å². The SMILES string of the molecule is CS(=O)(=O)N1CCC[C@@H](C(=O)N2CCN(S(=O)(=O)c3ccc(F)c(Cl)c3)CC2)C1. The molecule has 0 unspecified atom stereocenters. The number of hydrogen-bond acceptors (Lipinski definition) is 5. The number of carbonyl (C=O) groups excluding carboxylic acids is 1. The monoisotopic (exact) mass is 467 g/mol. The molecule has 2 aliphatic rings. The zero-order valence-electron chi connectivity index (χ0n) is 15.9. The van der Waals surface area contributed by atoms with Gasteiger partial charge in [0.2, 0.25) is 26.0 Å². The number of amides is 1. The van der Waals surface area contributed by atoms with Crippen LogP contribution in [0.4, 0.5) is 4.39 Å². The lowest BCUT2D eigenvalue weighted by atomic mass is 9.98. The number of sulfonamides is 2. The summed E-state index contributed by atoms with van der Waals surface area (Å²) in [6.45, 7) is 1.20. The average molecular weight is 468 g/mol. The first-order chi connectivity index (χ1) is 13.5. The number of rotatable bonds is 4. The van der Waals surface area contributed by atoms with E-state index in [-0.39, 0.29) is 48.5 Å². The van der Waals surface area contributed by atoms with Gasteiger partial charge in [-0.25, -0.2) is 25.5 Å². The van der Waals surface area contributed by atoms with Crippen molar-refractivity contribution in [3.63, 3.8) is 0 Å². The summed E-state index contributed by atoms with van der Waals surface area (Å²) in [7, 11) is -7.20. The highest BCUT2D eigenvalue weighted by Gasteiger charge is 2.35. The molecule has 1 aromatic carbocycles. The molecule has 8 nitrogen and oxygen atoms in total. The first kappa shape index (κ1) is 22.4. The Morgan fingerprint density at radius 2 is 1.72 bits per heavy atom. The van der Waals surface area contributed by atoms with Crippen LogP contribution in [-0.4, -0.2) is 81.8 Å². The lowest BCUT2D eigenvalue weighted by molar-refractivity contribution is -0.137. The van der Waals surface area contributed by atoms with E-state index < -0.39 is 31.8 Å². The van der Waals surface area contributed by atoms with Crippen molar-refractivity contribution in [1.29, 1.82) is 0 Å². The van der Waals surface area contributed by atoms with Gasteiger partial charge >= 0.3 is 0 Å². The van der Waals surface area contributed by atoms with Crippen molar-refractivity contribution in [2.75, 3.05) is 45.5 Å². The molecule has 0 aliphatic carbocycles. The molecule has 0 spiro atoms. The maximum atomic E-state index is 13.3. The summed E-state index contributed by atoms with van der Waals surface area (Å²) in [5, 5.41) is -0.271. The second-order valence-electron chi connectivity index (χ2n) is 7.27. The molecule has 1 atom stereocenters. The number of piperidine rings is 1. The minimum atomic E-state index is -3.85. The van der Waals surface area contributed by atoms with Crippen molar-refractivity contribution in [2.24, 2.45) is 5.92 Å². The summed E-state index contributed by atoms with van der Waals surface area (Å²) in [5.41, 5.74) is 0. The number of piperazine rings is 1. The van der Waals surface area contributed by atoms with Crippen LogP contribution in [0.15, 0.2) is 23.1 Å². The Balaban J connectivity index is 1.64. The predicted molar refractivity (Wildman–Crippen MR) is 106 cm³/mol. The molecular weight excluding hydrogens is 445 g/mol. The van der Waals surface area contributed by atoms with E-state index >= 15 is 0 Å². The Hall–Kier alpha value is -1.27. The third-order valence-corrected chi connectivity index (χ3v) is 8.74. The van der Waals surface area contributed by atoms with Gasteiger partial charge in [0.25, 0.3) is 0 Å².